The maximum absolute atomic E-state index is 14.2. The Morgan fingerprint density at radius 3 is 2.45 bits per heavy atom. The highest BCUT2D eigenvalue weighted by Crippen LogP contribution is 2.56. The van der Waals surface area contributed by atoms with Crippen LogP contribution in [0.5, 0.6) is 0 Å². The number of ketones is 2. The summed E-state index contributed by atoms with van der Waals surface area (Å²) in [6.07, 6.45) is 5.73. The molecule has 1 amide bonds. The molecule has 6 heteroatoms. The fraction of sp³-hybridized carbons (Fsp3) is 0.720. The lowest BCUT2D eigenvalue weighted by atomic mass is 9.54. The summed E-state index contributed by atoms with van der Waals surface area (Å²) in [5.74, 6) is -0.967. The fourth-order valence-electron chi connectivity index (χ4n) is 6.00. The van der Waals surface area contributed by atoms with Crippen molar-refractivity contribution in [3.8, 4) is 0 Å². The third kappa shape index (κ3) is 4.06. The van der Waals surface area contributed by atoms with Crippen molar-refractivity contribution in [1.29, 1.82) is 0 Å². The van der Waals surface area contributed by atoms with Gasteiger partial charge in [-0.25, -0.2) is 0 Å². The van der Waals surface area contributed by atoms with Crippen molar-refractivity contribution in [3.63, 3.8) is 0 Å². The Balaban J connectivity index is 2.28. The molecule has 0 aromatic rings. The van der Waals surface area contributed by atoms with Crippen molar-refractivity contribution >= 4 is 29.2 Å². The number of aliphatic hydroxyl groups is 1. The molecule has 0 saturated carbocycles. The van der Waals surface area contributed by atoms with Crippen molar-refractivity contribution in [2.24, 2.45) is 23.2 Å². The molecule has 0 bridgehead atoms. The van der Waals surface area contributed by atoms with Gasteiger partial charge in [-0.15, -0.1) is 0 Å². The number of aliphatic hydroxyl groups excluding tert-OH is 1. The van der Waals surface area contributed by atoms with Gasteiger partial charge in [0, 0.05) is 30.7 Å². The molecule has 2 aliphatic carbocycles. The molecule has 0 aromatic carbocycles. The van der Waals surface area contributed by atoms with Crippen molar-refractivity contribution in [3.05, 3.63) is 22.8 Å². The quantitative estimate of drug-likeness (QED) is 0.507. The topological polar surface area (TPSA) is 83.5 Å². The summed E-state index contributed by atoms with van der Waals surface area (Å²) >= 11 is 1.35. The molecule has 5 nitrogen and oxygen atoms in total. The van der Waals surface area contributed by atoms with E-state index in [0.717, 1.165) is 36.0 Å². The summed E-state index contributed by atoms with van der Waals surface area (Å²) < 4.78 is 0. The maximum Gasteiger partial charge on any atom is 0.235 e. The zero-order chi connectivity index (χ0) is 23.1. The molecule has 172 valence electrons. The lowest BCUT2D eigenvalue weighted by molar-refractivity contribution is -0.148. The van der Waals surface area contributed by atoms with Crippen LogP contribution < -0.4 is 5.32 Å². The molecule has 0 radical (unpaired) electrons. The molecule has 1 saturated heterocycles. The van der Waals surface area contributed by atoms with Gasteiger partial charge in [0.05, 0.1) is 11.4 Å². The summed E-state index contributed by atoms with van der Waals surface area (Å²) in [6, 6.07) is -0.154. The Labute approximate surface area is 190 Å². The molecule has 1 heterocycles. The average Bonchev–Trinajstić information content (AvgIpc) is 2.97. The van der Waals surface area contributed by atoms with E-state index in [2.05, 4.69) is 19.2 Å². The minimum Gasteiger partial charge on any atom is -0.388 e. The Kier molecular flexibility index (Phi) is 7.21. The van der Waals surface area contributed by atoms with Gasteiger partial charge in [-0.05, 0) is 57.8 Å². The van der Waals surface area contributed by atoms with Crippen LogP contribution in [0.4, 0.5) is 0 Å². The first kappa shape index (κ1) is 24.2. The van der Waals surface area contributed by atoms with Gasteiger partial charge in [0.1, 0.15) is 11.2 Å². The second-order valence-corrected chi connectivity index (χ2v) is 11.1. The Morgan fingerprint density at radius 2 is 1.84 bits per heavy atom. The number of carbonyl (C=O) groups excluding carboxylic acids is 3. The lowest BCUT2D eigenvalue weighted by Crippen LogP contribution is -2.58. The smallest absolute Gasteiger partial charge is 0.235 e. The lowest BCUT2D eigenvalue weighted by Gasteiger charge is -2.47. The highest BCUT2D eigenvalue weighted by atomic mass is 32.2. The van der Waals surface area contributed by atoms with Crippen molar-refractivity contribution in [2.75, 3.05) is 6.26 Å². The number of allylic oxidation sites excluding steroid dienone is 1. The van der Waals surface area contributed by atoms with Crippen LogP contribution in [0.2, 0.25) is 0 Å². The first-order valence-electron chi connectivity index (χ1n) is 11.5. The highest BCUT2D eigenvalue weighted by Gasteiger charge is 2.67. The monoisotopic (exact) mass is 447 g/mol. The first-order chi connectivity index (χ1) is 14.5. The zero-order valence-corrected chi connectivity index (χ0v) is 20.5. The average molecular weight is 448 g/mol. The molecular formula is C25H37NO4S. The Hall–Kier alpha value is -1.40. The molecule has 31 heavy (non-hydrogen) atoms. The van der Waals surface area contributed by atoms with E-state index in [-0.39, 0.29) is 35.9 Å². The van der Waals surface area contributed by atoms with Crippen LogP contribution in [0.25, 0.3) is 0 Å². The second kappa shape index (κ2) is 9.22. The van der Waals surface area contributed by atoms with E-state index in [1.165, 1.54) is 11.8 Å². The third-order valence-electron chi connectivity index (χ3n) is 7.60. The molecule has 6 atom stereocenters. The van der Waals surface area contributed by atoms with Crippen LogP contribution in [-0.2, 0) is 14.4 Å². The van der Waals surface area contributed by atoms with Gasteiger partial charge in [0.15, 0.2) is 5.78 Å². The number of nitrogens with one attached hydrogen (secondary N) is 1. The SMILES string of the molecule is CS[C@@H]1CC(=O)CCC/C(C)=C\[C@H]2[C@H](O)C(C)=C(C)[C@H]3[C@H](CC(C)C)NC(=O)[C@@]23C1=O. The van der Waals surface area contributed by atoms with Gasteiger partial charge in [0.2, 0.25) is 5.91 Å². The van der Waals surface area contributed by atoms with E-state index in [1.807, 2.05) is 33.1 Å². The van der Waals surface area contributed by atoms with Crippen molar-refractivity contribution in [2.45, 2.75) is 84.1 Å². The van der Waals surface area contributed by atoms with Gasteiger partial charge in [-0.2, -0.15) is 11.8 Å². The number of amides is 1. The Bertz CT molecular complexity index is 829. The van der Waals surface area contributed by atoms with E-state index in [1.54, 1.807) is 0 Å². The van der Waals surface area contributed by atoms with Gasteiger partial charge < -0.3 is 10.4 Å². The van der Waals surface area contributed by atoms with Crippen LogP contribution >= 0.6 is 11.8 Å². The number of carbonyl (C=O) groups is 3. The predicted octanol–water partition coefficient (Wildman–Crippen LogP) is 3.85. The van der Waals surface area contributed by atoms with Crippen LogP contribution in [-0.4, -0.2) is 46.2 Å². The first-order valence-corrected chi connectivity index (χ1v) is 12.8. The van der Waals surface area contributed by atoms with Crippen LogP contribution in [0, 0.1) is 23.2 Å². The molecule has 1 aliphatic heterocycles. The molecule has 0 aromatic heterocycles. The van der Waals surface area contributed by atoms with Gasteiger partial charge in [-0.1, -0.05) is 31.1 Å². The fourth-order valence-corrected chi connectivity index (χ4v) is 6.76. The van der Waals surface area contributed by atoms with Gasteiger partial charge >= 0.3 is 0 Å². The normalized spacial score (nSPS) is 38.9. The minimum absolute atomic E-state index is 0.0730. The number of Topliss-reactive ketones (excluding diaryl/α,β-unsaturated/α-hetero) is 2. The van der Waals surface area contributed by atoms with Gasteiger partial charge in [0.25, 0.3) is 0 Å². The highest BCUT2D eigenvalue weighted by molar-refractivity contribution is 8.00. The number of thioether (sulfide) groups is 1. The zero-order valence-electron chi connectivity index (χ0n) is 19.7. The van der Waals surface area contributed by atoms with Crippen molar-refractivity contribution in [1.82, 2.24) is 5.32 Å². The summed E-state index contributed by atoms with van der Waals surface area (Å²) in [5.41, 5.74) is 1.45. The van der Waals surface area contributed by atoms with Crippen LogP contribution in [0.1, 0.15) is 66.7 Å². The number of hydrogen-bond donors (Lipinski definition) is 2. The number of rotatable bonds is 3. The predicted molar refractivity (Wildman–Crippen MR) is 125 cm³/mol. The van der Waals surface area contributed by atoms with Gasteiger partial charge in [-0.3, -0.25) is 14.4 Å². The van der Waals surface area contributed by atoms with Crippen LogP contribution in [0.3, 0.4) is 0 Å². The standard InChI is InChI=1S/C25H37NO4S/c1-13(2)10-19-21-15(4)16(5)22(28)18-11-14(3)8-7-9-17(27)12-20(31-6)23(29)25(18,21)24(30)26-19/h11,13,18-22,28H,7-10,12H2,1-6H3,(H,26,30)/b14-11-/t18-,19-,20+,21-,22+,25-/m0/s1. The number of hydrogen-bond acceptors (Lipinski definition) is 5. The molecule has 1 fully saturated rings. The van der Waals surface area contributed by atoms with E-state index in [0.29, 0.717) is 12.3 Å². The van der Waals surface area contributed by atoms with E-state index >= 15 is 0 Å². The molecular weight excluding hydrogens is 410 g/mol. The molecule has 1 spiro atoms. The molecule has 3 aliphatic rings. The van der Waals surface area contributed by atoms with E-state index in [4.69, 9.17) is 0 Å². The minimum atomic E-state index is -1.37. The summed E-state index contributed by atoms with van der Waals surface area (Å²) in [6.45, 7) is 10.1. The summed E-state index contributed by atoms with van der Waals surface area (Å²) in [5, 5.41) is 13.9. The van der Waals surface area contributed by atoms with E-state index in [9.17, 15) is 19.5 Å². The molecule has 0 unspecified atom stereocenters. The van der Waals surface area contributed by atoms with Crippen LogP contribution in [0.15, 0.2) is 22.8 Å². The molecule has 3 rings (SSSR count). The summed E-state index contributed by atoms with van der Waals surface area (Å²) in [4.78, 5) is 40.6. The second-order valence-electron chi connectivity index (χ2n) is 10.1. The molecule has 2 N–H and O–H groups in total. The largest absolute Gasteiger partial charge is 0.388 e. The maximum atomic E-state index is 14.2. The summed E-state index contributed by atoms with van der Waals surface area (Å²) in [7, 11) is 0. The van der Waals surface area contributed by atoms with Crippen molar-refractivity contribution < 1.29 is 19.5 Å². The third-order valence-corrected chi connectivity index (χ3v) is 8.55. The van der Waals surface area contributed by atoms with E-state index < -0.39 is 22.7 Å². The Morgan fingerprint density at radius 1 is 1.16 bits per heavy atom.